The normalized spacial score (nSPS) is 16.3. The minimum atomic E-state index is -0.134. The van der Waals surface area contributed by atoms with E-state index in [-0.39, 0.29) is 5.91 Å². The quantitative estimate of drug-likeness (QED) is 0.514. The lowest BCUT2D eigenvalue weighted by Crippen LogP contribution is -2.30. The van der Waals surface area contributed by atoms with Gasteiger partial charge in [-0.15, -0.1) is 0 Å². The third-order valence-corrected chi connectivity index (χ3v) is 3.52. The summed E-state index contributed by atoms with van der Waals surface area (Å²) in [6, 6.07) is 5.32. The van der Waals surface area contributed by atoms with Gasteiger partial charge in [-0.3, -0.25) is 9.69 Å². The van der Waals surface area contributed by atoms with Crippen LogP contribution in [-0.2, 0) is 4.79 Å². The molecule has 1 saturated heterocycles. The van der Waals surface area contributed by atoms with Crippen LogP contribution in [0.5, 0.6) is 5.75 Å². The zero-order valence-electron chi connectivity index (χ0n) is 11.6. The molecule has 1 aromatic carbocycles. The molecule has 1 aromatic rings. The molecule has 1 aliphatic rings. The molecule has 0 unspecified atom stereocenters. The first-order valence-corrected chi connectivity index (χ1v) is 7.23. The fourth-order valence-corrected chi connectivity index (χ4v) is 2.46. The second kappa shape index (κ2) is 6.74. The van der Waals surface area contributed by atoms with E-state index < -0.39 is 0 Å². The first kappa shape index (κ1) is 15.5. The molecule has 0 spiro atoms. The Morgan fingerprint density at radius 2 is 2.29 bits per heavy atom. The van der Waals surface area contributed by atoms with Crippen molar-refractivity contribution >= 4 is 40.9 Å². The molecule has 0 saturated carbocycles. The molecule has 1 N–H and O–H groups in total. The highest BCUT2D eigenvalue weighted by Crippen LogP contribution is 2.26. The Balaban J connectivity index is 2.22. The molecule has 1 heterocycles. The van der Waals surface area contributed by atoms with Crippen LogP contribution in [0.15, 0.2) is 36.6 Å². The Hall–Kier alpha value is -1.85. The van der Waals surface area contributed by atoms with Gasteiger partial charge in [0.25, 0.3) is 5.91 Å². The number of hydrogen-bond donors (Lipinski definition) is 1. The van der Waals surface area contributed by atoms with E-state index in [1.165, 1.54) is 4.90 Å². The maximum Gasteiger partial charge on any atom is 0.276 e. The minimum absolute atomic E-state index is 0.134. The number of rotatable bonds is 5. The van der Waals surface area contributed by atoms with E-state index >= 15 is 0 Å². The third-order valence-electron chi connectivity index (χ3n) is 2.90. The molecule has 0 aliphatic carbocycles. The van der Waals surface area contributed by atoms with Gasteiger partial charge < -0.3 is 10.1 Å². The van der Waals surface area contributed by atoms with Gasteiger partial charge in [0.1, 0.15) is 18.1 Å². The summed E-state index contributed by atoms with van der Waals surface area (Å²) < 4.78 is 5.40. The average Bonchev–Trinajstić information content (AvgIpc) is 2.72. The predicted molar refractivity (Wildman–Crippen MR) is 88.2 cm³/mol. The molecular weight excluding hydrogens is 308 g/mol. The molecule has 1 fully saturated rings. The van der Waals surface area contributed by atoms with E-state index in [1.807, 2.05) is 13.0 Å². The number of benzene rings is 1. The van der Waals surface area contributed by atoms with E-state index in [1.54, 1.807) is 24.3 Å². The number of carbonyl (C=O) groups excluding carboxylic acids is 1. The molecule has 0 aromatic heterocycles. The maximum absolute atomic E-state index is 12.1. The van der Waals surface area contributed by atoms with Gasteiger partial charge in [0.05, 0.1) is 5.02 Å². The van der Waals surface area contributed by atoms with Crippen LogP contribution < -0.4 is 10.1 Å². The second-order valence-electron chi connectivity index (χ2n) is 4.33. The van der Waals surface area contributed by atoms with Crippen LogP contribution in [0.1, 0.15) is 12.5 Å². The molecule has 110 valence electrons. The molecule has 1 aliphatic heterocycles. The van der Waals surface area contributed by atoms with E-state index in [0.29, 0.717) is 34.7 Å². The van der Waals surface area contributed by atoms with Crippen molar-refractivity contribution in [3.63, 3.8) is 0 Å². The first-order chi connectivity index (χ1) is 10.1. The van der Waals surface area contributed by atoms with Crippen LogP contribution in [0, 0.1) is 0 Å². The molecule has 6 heteroatoms. The Bertz CT molecular complexity index is 628. The summed E-state index contributed by atoms with van der Waals surface area (Å²) >= 11 is 11.2. The van der Waals surface area contributed by atoms with Crippen LogP contribution in [0.2, 0.25) is 5.02 Å². The van der Waals surface area contributed by atoms with Gasteiger partial charge in [0, 0.05) is 6.54 Å². The number of carbonyl (C=O) groups is 1. The second-order valence-corrected chi connectivity index (χ2v) is 5.12. The molecule has 4 nitrogen and oxygen atoms in total. The van der Waals surface area contributed by atoms with Gasteiger partial charge in [-0.25, -0.2) is 0 Å². The summed E-state index contributed by atoms with van der Waals surface area (Å²) in [5, 5.41) is 3.80. The number of likely N-dealkylation sites (N-methyl/N-ethyl adjacent to an activating group) is 1. The van der Waals surface area contributed by atoms with Gasteiger partial charge in [-0.05, 0) is 42.9 Å². The van der Waals surface area contributed by atoms with Crippen LogP contribution in [0.4, 0.5) is 0 Å². The predicted octanol–water partition coefficient (Wildman–Crippen LogP) is 2.98. The summed E-state index contributed by atoms with van der Waals surface area (Å²) in [5.41, 5.74) is 1.24. The van der Waals surface area contributed by atoms with Crippen LogP contribution in [0.25, 0.3) is 6.08 Å². The van der Waals surface area contributed by atoms with E-state index in [9.17, 15) is 4.79 Å². The van der Waals surface area contributed by atoms with E-state index in [0.717, 1.165) is 5.56 Å². The summed E-state index contributed by atoms with van der Waals surface area (Å²) in [5.74, 6) is 0.445. The maximum atomic E-state index is 12.1. The van der Waals surface area contributed by atoms with Crippen molar-refractivity contribution in [1.29, 1.82) is 0 Å². The number of nitrogens with one attached hydrogen (secondary N) is 1. The Labute approximate surface area is 134 Å². The number of hydrogen-bond acceptors (Lipinski definition) is 3. The van der Waals surface area contributed by atoms with Crippen LogP contribution in [-0.4, -0.2) is 29.1 Å². The molecule has 0 bridgehead atoms. The van der Waals surface area contributed by atoms with Gasteiger partial charge in [0.15, 0.2) is 5.11 Å². The number of thiocarbonyl (C=S) groups is 1. The molecule has 1 amide bonds. The zero-order valence-corrected chi connectivity index (χ0v) is 13.1. The smallest absolute Gasteiger partial charge is 0.276 e. The lowest BCUT2D eigenvalue weighted by molar-refractivity contribution is -0.122. The Morgan fingerprint density at radius 1 is 1.52 bits per heavy atom. The average molecular weight is 323 g/mol. The molecular formula is C15H15ClN2O2S. The highest BCUT2D eigenvalue weighted by molar-refractivity contribution is 7.80. The van der Waals surface area contributed by atoms with Crippen molar-refractivity contribution in [2.24, 2.45) is 0 Å². The van der Waals surface area contributed by atoms with Crippen molar-refractivity contribution < 1.29 is 9.53 Å². The van der Waals surface area contributed by atoms with E-state index in [2.05, 4.69) is 11.9 Å². The summed E-state index contributed by atoms with van der Waals surface area (Å²) in [6.07, 6.45) is 3.36. The minimum Gasteiger partial charge on any atom is -0.488 e. The van der Waals surface area contributed by atoms with Crippen LogP contribution >= 0.6 is 23.8 Å². The molecule has 0 atom stereocenters. The summed E-state index contributed by atoms with van der Waals surface area (Å²) in [7, 11) is 0. The van der Waals surface area contributed by atoms with E-state index in [4.69, 9.17) is 28.6 Å². The number of amides is 1. The third kappa shape index (κ3) is 3.43. The highest BCUT2D eigenvalue weighted by Gasteiger charge is 2.28. The van der Waals surface area contributed by atoms with Crippen molar-refractivity contribution in [3.05, 3.63) is 47.1 Å². The van der Waals surface area contributed by atoms with Crippen molar-refractivity contribution in [1.82, 2.24) is 10.2 Å². The number of nitrogens with zero attached hydrogens (tertiary/aromatic N) is 1. The van der Waals surface area contributed by atoms with Gasteiger partial charge in [0.2, 0.25) is 0 Å². The zero-order chi connectivity index (χ0) is 15.4. The van der Waals surface area contributed by atoms with Gasteiger partial charge >= 0.3 is 0 Å². The summed E-state index contributed by atoms with van der Waals surface area (Å²) in [4.78, 5) is 13.6. The fraction of sp³-hybridized carbons (Fsp3) is 0.200. The van der Waals surface area contributed by atoms with Gasteiger partial charge in [-0.1, -0.05) is 30.3 Å². The number of halogens is 1. The summed E-state index contributed by atoms with van der Waals surface area (Å²) in [6.45, 7) is 6.38. The lowest BCUT2D eigenvalue weighted by Gasteiger charge is -2.09. The first-order valence-electron chi connectivity index (χ1n) is 6.44. The standard InChI is InChI=1S/C15H15ClN2O2S/c1-3-7-20-13-6-5-10(8-11(13)16)9-12-14(19)18(4-2)15(21)17-12/h3,5-6,8-9H,1,4,7H2,2H3,(H,17,21)/b12-9-. The molecule has 2 rings (SSSR count). The van der Waals surface area contributed by atoms with Crippen molar-refractivity contribution in [2.45, 2.75) is 6.92 Å². The monoisotopic (exact) mass is 322 g/mol. The number of ether oxygens (including phenoxy) is 1. The SMILES string of the molecule is C=CCOc1ccc(/C=C2\NC(=S)N(CC)C2=O)cc1Cl. The lowest BCUT2D eigenvalue weighted by atomic mass is 10.2. The Morgan fingerprint density at radius 3 is 2.86 bits per heavy atom. The topological polar surface area (TPSA) is 41.6 Å². The van der Waals surface area contributed by atoms with Gasteiger partial charge in [-0.2, -0.15) is 0 Å². The molecule has 0 radical (unpaired) electrons. The Kier molecular flexibility index (Phi) is 4.98. The fourth-order valence-electron chi connectivity index (χ4n) is 1.90. The highest BCUT2D eigenvalue weighted by atomic mass is 35.5. The van der Waals surface area contributed by atoms with Crippen molar-refractivity contribution in [2.75, 3.05) is 13.2 Å². The van der Waals surface area contributed by atoms with Crippen molar-refractivity contribution in [3.8, 4) is 5.75 Å². The molecule has 21 heavy (non-hydrogen) atoms. The largest absolute Gasteiger partial charge is 0.488 e. The van der Waals surface area contributed by atoms with Crippen LogP contribution in [0.3, 0.4) is 0 Å².